The van der Waals surface area contributed by atoms with Crippen molar-refractivity contribution in [3.63, 3.8) is 0 Å². The zero-order valence-electron chi connectivity index (χ0n) is 22.8. The molecular weight excluding hydrogens is 508 g/mol. The maximum Gasteiger partial charge on any atom is 0.336 e. The summed E-state index contributed by atoms with van der Waals surface area (Å²) in [5, 5.41) is 23.7. The van der Waals surface area contributed by atoms with Gasteiger partial charge in [0, 0.05) is 48.6 Å². The first-order chi connectivity index (χ1) is 19.3. The number of nitrogens with zero attached hydrogens (tertiary/aromatic N) is 1. The molecule has 0 radical (unpaired) electrons. The van der Waals surface area contributed by atoms with Crippen LogP contribution >= 0.6 is 0 Å². The number of aromatic hydroxyl groups is 1. The van der Waals surface area contributed by atoms with Gasteiger partial charge in [-0.2, -0.15) is 0 Å². The van der Waals surface area contributed by atoms with Crippen LogP contribution in [0.1, 0.15) is 70.4 Å². The molecule has 2 aliphatic heterocycles. The Morgan fingerprint density at radius 1 is 1.12 bits per heavy atom. The largest absolute Gasteiger partial charge is 0.504 e. The van der Waals surface area contributed by atoms with Crippen LogP contribution in [0.2, 0.25) is 0 Å². The second kappa shape index (κ2) is 8.23. The number of amides is 1. The molecule has 5 aliphatic carbocycles. The molecule has 2 heterocycles. The number of methoxy groups -OCH3 is 1. The first-order valence-electron chi connectivity index (χ1n) is 14.8. The van der Waals surface area contributed by atoms with Gasteiger partial charge in [0.1, 0.15) is 11.7 Å². The molecule has 0 aromatic heterocycles. The number of fused-ring (bicyclic) bond motifs is 2. The molecule has 2 aromatic rings. The third kappa shape index (κ3) is 2.93. The molecule has 1 saturated heterocycles. The molecule has 1 amide bonds. The third-order valence-electron chi connectivity index (χ3n) is 11.7. The smallest absolute Gasteiger partial charge is 0.336 e. The molecule has 4 bridgehead atoms. The Morgan fingerprint density at radius 3 is 2.67 bits per heavy atom. The predicted molar refractivity (Wildman–Crippen MR) is 146 cm³/mol. The normalized spacial score (nSPS) is 36.6. The van der Waals surface area contributed by atoms with Crippen molar-refractivity contribution in [2.24, 2.45) is 17.3 Å². The van der Waals surface area contributed by atoms with E-state index < -0.39 is 11.6 Å². The van der Waals surface area contributed by atoms with Crippen LogP contribution in [-0.2, 0) is 16.6 Å². The number of rotatable bonds is 7. The SMILES string of the molecule is COC12CC[C@@]3(C[C@@H]1CNC(=O)c1ccccc1C(=O)O)[C@H]1Cc4ccc(O)c5c4[C@@]3(CCN1CC1CC1)[C@H]2O5. The van der Waals surface area contributed by atoms with E-state index in [9.17, 15) is 19.8 Å². The van der Waals surface area contributed by atoms with Crippen molar-refractivity contribution in [1.29, 1.82) is 0 Å². The van der Waals surface area contributed by atoms with Crippen molar-refractivity contribution in [3.8, 4) is 11.5 Å². The predicted octanol–water partition coefficient (Wildman–Crippen LogP) is 3.74. The molecule has 1 unspecified atom stereocenters. The van der Waals surface area contributed by atoms with E-state index in [4.69, 9.17) is 9.47 Å². The fourth-order valence-electron chi connectivity index (χ4n) is 9.97. The zero-order valence-corrected chi connectivity index (χ0v) is 22.8. The summed E-state index contributed by atoms with van der Waals surface area (Å²) in [5.41, 5.74) is 1.82. The van der Waals surface area contributed by atoms with Crippen LogP contribution in [0.25, 0.3) is 0 Å². The van der Waals surface area contributed by atoms with Crippen LogP contribution < -0.4 is 10.1 Å². The zero-order chi connectivity index (χ0) is 27.4. The molecule has 3 N–H and O–H groups in total. The summed E-state index contributed by atoms with van der Waals surface area (Å²) in [5.74, 6) is 0.142. The highest BCUT2D eigenvalue weighted by molar-refractivity contribution is 6.04. The minimum Gasteiger partial charge on any atom is -0.504 e. The third-order valence-corrected chi connectivity index (χ3v) is 11.7. The van der Waals surface area contributed by atoms with E-state index >= 15 is 0 Å². The maximum absolute atomic E-state index is 13.3. The lowest BCUT2D eigenvalue weighted by atomic mass is 9.35. The van der Waals surface area contributed by atoms with Crippen LogP contribution in [0.3, 0.4) is 0 Å². The average molecular weight is 545 g/mol. The van der Waals surface area contributed by atoms with E-state index in [-0.39, 0.29) is 45.6 Å². The average Bonchev–Trinajstić information content (AvgIpc) is 3.71. The first-order valence-corrected chi connectivity index (χ1v) is 14.8. The number of hydrogen-bond donors (Lipinski definition) is 3. The van der Waals surface area contributed by atoms with E-state index in [0.717, 1.165) is 51.1 Å². The topological polar surface area (TPSA) is 108 Å². The van der Waals surface area contributed by atoms with Gasteiger partial charge in [0.2, 0.25) is 0 Å². The van der Waals surface area contributed by atoms with Gasteiger partial charge in [0.25, 0.3) is 5.91 Å². The van der Waals surface area contributed by atoms with Gasteiger partial charge in [-0.15, -0.1) is 0 Å². The summed E-state index contributed by atoms with van der Waals surface area (Å²) in [4.78, 5) is 27.8. The molecule has 8 nitrogen and oxygen atoms in total. The maximum atomic E-state index is 13.3. The van der Waals surface area contributed by atoms with Gasteiger partial charge in [-0.05, 0) is 81.2 Å². The highest BCUT2D eigenvalue weighted by atomic mass is 16.6. The molecule has 2 aromatic carbocycles. The second-order valence-electron chi connectivity index (χ2n) is 13.1. The molecule has 8 heteroatoms. The van der Waals surface area contributed by atoms with Crippen molar-refractivity contribution >= 4 is 11.9 Å². The molecule has 210 valence electrons. The van der Waals surface area contributed by atoms with Gasteiger partial charge >= 0.3 is 5.97 Å². The highest BCUT2D eigenvalue weighted by Crippen LogP contribution is 2.76. The number of nitrogens with one attached hydrogen (secondary N) is 1. The number of carbonyl (C=O) groups excluding carboxylic acids is 1. The molecule has 6 atom stereocenters. The van der Waals surface area contributed by atoms with Crippen LogP contribution in [0.15, 0.2) is 36.4 Å². The monoisotopic (exact) mass is 544 g/mol. The molecular formula is C32H36N2O6. The summed E-state index contributed by atoms with van der Waals surface area (Å²) in [6.07, 6.45) is 7.12. The molecule has 5 fully saturated rings. The van der Waals surface area contributed by atoms with Crippen molar-refractivity contribution < 1.29 is 29.3 Å². The fraction of sp³-hybridized carbons (Fsp3) is 0.562. The summed E-state index contributed by atoms with van der Waals surface area (Å²) in [6, 6.07) is 10.6. The van der Waals surface area contributed by atoms with Crippen molar-refractivity contribution in [1.82, 2.24) is 10.2 Å². The second-order valence-corrected chi connectivity index (χ2v) is 13.1. The number of aromatic carboxylic acids is 1. The summed E-state index contributed by atoms with van der Waals surface area (Å²) in [6.45, 7) is 2.56. The van der Waals surface area contributed by atoms with E-state index in [1.54, 1.807) is 31.4 Å². The quantitative estimate of drug-likeness (QED) is 0.487. The van der Waals surface area contributed by atoms with Gasteiger partial charge in [-0.3, -0.25) is 9.69 Å². The van der Waals surface area contributed by atoms with Crippen LogP contribution in [0.4, 0.5) is 0 Å². The Kier molecular flexibility index (Phi) is 5.08. The number of ether oxygens (including phenoxy) is 2. The number of hydrogen-bond acceptors (Lipinski definition) is 6. The fourth-order valence-corrected chi connectivity index (χ4v) is 9.97. The van der Waals surface area contributed by atoms with E-state index in [1.165, 1.54) is 30.0 Å². The van der Waals surface area contributed by atoms with E-state index in [0.29, 0.717) is 18.3 Å². The van der Waals surface area contributed by atoms with Gasteiger partial charge in [-0.25, -0.2) is 4.79 Å². The van der Waals surface area contributed by atoms with Gasteiger partial charge in [0.15, 0.2) is 11.5 Å². The first kappa shape index (κ1) is 24.7. The number of phenolic OH excluding ortho intramolecular Hbond substituents is 1. The number of carbonyl (C=O) groups is 2. The summed E-state index contributed by atoms with van der Waals surface area (Å²) >= 11 is 0. The van der Waals surface area contributed by atoms with E-state index in [2.05, 4.69) is 16.3 Å². The molecule has 40 heavy (non-hydrogen) atoms. The summed E-state index contributed by atoms with van der Waals surface area (Å²) < 4.78 is 13.3. The van der Waals surface area contributed by atoms with Crippen LogP contribution in [0.5, 0.6) is 11.5 Å². The number of phenols is 1. The number of carboxylic acids is 1. The van der Waals surface area contributed by atoms with Gasteiger partial charge in [-0.1, -0.05) is 18.2 Å². The highest BCUT2D eigenvalue weighted by Gasteiger charge is 2.80. The van der Waals surface area contributed by atoms with Crippen LogP contribution in [0, 0.1) is 17.3 Å². The lowest BCUT2D eigenvalue weighted by Gasteiger charge is -2.74. The van der Waals surface area contributed by atoms with Crippen molar-refractivity contribution in [2.45, 2.75) is 68.1 Å². The number of likely N-dealkylation sites (tertiary alicyclic amines) is 1. The van der Waals surface area contributed by atoms with Gasteiger partial charge < -0.3 is 25.0 Å². The molecule has 2 spiro atoms. The number of benzene rings is 2. The Balaban J connectivity index is 1.20. The van der Waals surface area contributed by atoms with Crippen molar-refractivity contribution in [2.75, 3.05) is 26.7 Å². The molecule has 4 saturated carbocycles. The minimum absolute atomic E-state index is 0.000669. The van der Waals surface area contributed by atoms with Crippen molar-refractivity contribution in [3.05, 3.63) is 58.7 Å². The lowest BCUT2D eigenvalue weighted by Crippen LogP contribution is -2.81. The Hall–Kier alpha value is -3.10. The van der Waals surface area contributed by atoms with E-state index in [1.807, 2.05) is 0 Å². The minimum atomic E-state index is -1.12. The standard InChI is InChI=1S/C32H36N2O6/c1-39-32-11-10-30(15-20(32)16-33-27(36)21-4-2-3-5-22(21)28(37)38)24-14-19-8-9-23(35)26-25(19)31(30,29(32)40-26)12-13-34(24)17-18-6-7-18/h2-5,8-9,18,20,24,29,35H,6-7,10-17H2,1H3,(H,33,36)(H,37,38)/t20-,24-,29-,30-,31+,32?/m1/s1. The lowest BCUT2D eigenvalue weighted by molar-refractivity contribution is -0.275. The Labute approximate surface area is 233 Å². The number of carboxylic acid groups (broad SMARTS) is 1. The Morgan fingerprint density at radius 2 is 1.93 bits per heavy atom. The van der Waals surface area contributed by atoms with Gasteiger partial charge in [0.05, 0.1) is 11.1 Å². The summed E-state index contributed by atoms with van der Waals surface area (Å²) in [7, 11) is 1.76. The molecule has 7 aliphatic rings. The number of piperidine rings is 1. The van der Waals surface area contributed by atoms with Crippen LogP contribution in [-0.4, -0.2) is 71.5 Å². The molecule has 9 rings (SSSR count). The Bertz CT molecular complexity index is 1440.